The molecule has 0 bridgehead atoms. The highest BCUT2D eigenvalue weighted by atomic mass is 32.1. The molecule has 2 heterocycles. The van der Waals surface area contributed by atoms with Crippen LogP contribution < -0.4 is 0 Å². The first-order valence-electron chi connectivity index (χ1n) is 9.35. The monoisotopic (exact) mass is 399 g/mol. The number of rotatable bonds is 5. The van der Waals surface area contributed by atoms with Crippen molar-refractivity contribution in [3.8, 4) is 0 Å². The topological polar surface area (TPSA) is 55.8 Å². The maximum absolute atomic E-state index is 12.8. The van der Waals surface area contributed by atoms with Crippen LogP contribution in [0.5, 0.6) is 0 Å². The smallest absolute Gasteiger partial charge is 0.340 e. The number of ether oxygens (including phenoxy) is 2. The van der Waals surface area contributed by atoms with E-state index in [4.69, 9.17) is 9.47 Å². The van der Waals surface area contributed by atoms with E-state index in [0.717, 1.165) is 16.0 Å². The van der Waals surface area contributed by atoms with Crippen LogP contribution in [0.4, 0.5) is 0 Å². The molecule has 0 unspecified atom stereocenters. The number of hydrogen-bond donors (Lipinski definition) is 0. The van der Waals surface area contributed by atoms with Gasteiger partial charge >= 0.3 is 5.97 Å². The van der Waals surface area contributed by atoms with Gasteiger partial charge in [-0.25, -0.2) is 4.79 Å². The maximum Gasteiger partial charge on any atom is 0.340 e. The molecule has 0 radical (unpaired) electrons. The quantitative estimate of drug-likeness (QED) is 0.567. The van der Waals surface area contributed by atoms with Gasteiger partial charge in [-0.1, -0.05) is 35.9 Å². The average Bonchev–Trinajstić information content (AvgIpc) is 3.17. The van der Waals surface area contributed by atoms with Gasteiger partial charge in [-0.2, -0.15) is 0 Å². The minimum absolute atomic E-state index is 0.0219. The van der Waals surface area contributed by atoms with E-state index in [1.165, 1.54) is 11.3 Å². The van der Waals surface area contributed by atoms with Gasteiger partial charge < -0.3 is 14.4 Å². The number of carbonyl (C=O) groups is 2. The number of thiophene rings is 1. The fourth-order valence-corrected chi connectivity index (χ4v) is 4.00. The summed E-state index contributed by atoms with van der Waals surface area (Å²) < 4.78 is 11.0. The molecule has 5 nitrogen and oxygen atoms in total. The number of aryl methyl sites for hydroxylation is 1. The number of esters is 1. The fraction of sp³-hybridized carbons (Fsp3) is 0.364. The lowest BCUT2D eigenvalue weighted by Crippen LogP contribution is -2.49. The van der Waals surface area contributed by atoms with Crippen LogP contribution in [0, 0.1) is 6.92 Å². The largest absolute Gasteiger partial charge is 0.452 e. The second-order valence-electron chi connectivity index (χ2n) is 7.08. The zero-order chi connectivity index (χ0) is 20.1. The van der Waals surface area contributed by atoms with Crippen LogP contribution in [-0.2, 0) is 19.1 Å². The molecule has 1 amide bonds. The van der Waals surface area contributed by atoms with Crippen LogP contribution in [0.15, 0.2) is 41.8 Å². The van der Waals surface area contributed by atoms with E-state index in [1.807, 2.05) is 68.6 Å². The Morgan fingerprint density at radius 3 is 2.61 bits per heavy atom. The number of nitrogens with zero attached hydrogens (tertiary/aromatic N) is 1. The third-order valence-electron chi connectivity index (χ3n) is 4.46. The molecule has 1 saturated heterocycles. The second-order valence-corrected chi connectivity index (χ2v) is 8.03. The summed E-state index contributed by atoms with van der Waals surface area (Å²) in [6.45, 7) is 6.62. The highest BCUT2D eigenvalue weighted by Gasteiger charge is 2.27. The van der Waals surface area contributed by atoms with Crippen molar-refractivity contribution in [2.24, 2.45) is 0 Å². The van der Waals surface area contributed by atoms with Gasteiger partial charge in [0.15, 0.2) is 6.61 Å². The molecule has 0 saturated carbocycles. The van der Waals surface area contributed by atoms with E-state index >= 15 is 0 Å². The Kier molecular flexibility index (Phi) is 6.65. The Labute approximate surface area is 169 Å². The molecular formula is C22H25NO4S. The molecule has 28 heavy (non-hydrogen) atoms. The van der Waals surface area contributed by atoms with Crippen molar-refractivity contribution in [3.05, 3.63) is 57.8 Å². The molecule has 1 aromatic heterocycles. The lowest BCUT2D eigenvalue weighted by atomic mass is 10.1. The first-order valence-corrected chi connectivity index (χ1v) is 10.2. The van der Waals surface area contributed by atoms with Crippen LogP contribution in [0.25, 0.3) is 11.6 Å². The Morgan fingerprint density at radius 1 is 1.21 bits per heavy atom. The number of amides is 1. The predicted molar refractivity (Wildman–Crippen MR) is 111 cm³/mol. The molecule has 1 aromatic carbocycles. The Balaban J connectivity index is 1.71. The molecule has 0 aliphatic carbocycles. The molecule has 1 fully saturated rings. The lowest BCUT2D eigenvalue weighted by Gasteiger charge is -2.35. The van der Waals surface area contributed by atoms with Gasteiger partial charge in [-0.15, -0.1) is 11.3 Å². The van der Waals surface area contributed by atoms with Crippen molar-refractivity contribution in [2.75, 3.05) is 19.7 Å². The van der Waals surface area contributed by atoms with Crippen molar-refractivity contribution in [3.63, 3.8) is 0 Å². The van der Waals surface area contributed by atoms with E-state index in [2.05, 4.69) is 0 Å². The van der Waals surface area contributed by atoms with Crippen molar-refractivity contribution in [1.82, 2.24) is 4.90 Å². The van der Waals surface area contributed by atoms with E-state index in [-0.39, 0.29) is 24.7 Å². The van der Waals surface area contributed by atoms with Gasteiger partial charge in [0.25, 0.3) is 5.91 Å². The standard InChI is InChI=1S/C22H25NO4S/c1-15-6-4-7-18(10-15)11-19(20-8-5-9-28-20)22(25)26-14-21(24)23-12-16(2)27-17(3)13-23/h4-11,16-17H,12-14H2,1-3H3/b19-11+/t16-,17+. The van der Waals surface area contributed by atoms with Crippen molar-refractivity contribution in [2.45, 2.75) is 33.0 Å². The van der Waals surface area contributed by atoms with Crippen LogP contribution in [0.1, 0.15) is 29.9 Å². The molecule has 2 aromatic rings. The van der Waals surface area contributed by atoms with Crippen molar-refractivity contribution < 1.29 is 19.1 Å². The summed E-state index contributed by atoms with van der Waals surface area (Å²) in [5, 5.41) is 1.91. The minimum Gasteiger partial charge on any atom is -0.452 e. The fourth-order valence-electron chi connectivity index (χ4n) is 3.27. The molecule has 2 atom stereocenters. The highest BCUT2D eigenvalue weighted by Crippen LogP contribution is 2.24. The van der Waals surface area contributed by atoms with E-state index < -0.39 is 5.97 Å². The van der Waals surface area contributed by atoms with Crippen LogP contribution >= 0.6 is 11.3 Å². The number of hydrogen-bond acceptors (Lipinski definition) is 5. The third-order valence-corrected chi connectivity index (χ3v) is 5.36. The number of benzene rings is 1. The lowest BCUT2D eigenvalue weighted by molar-refractivity contribution is -0.154. The first kappa shape index (κ1) is 20.3. The van der Waals surface area contributed by atoms with E-state index in [9.17, 15) is 9.59 Å². The summed E-state index contributed by atoms with van der Waals surface area (Å²) in [4.78, 5) is 27.8. The summed E-state index contributed by atoms with van der Waals surface area (Å²) in [6, 6.07) is 11.7. The van der Waals surface area contributed by atoms with Gasteiger partial charge in [-0.05, 0) is 43.9 Å². The summed E-state index contributed by atoms with van der Waals surface area (Å²) in [5.41, 5.74) is 2.48. The minimum atomic E-state index is -0.494. The summed E-state index contributed by atoms with van der Waals surface area (Å²) in [6.07, 6.45) is 1.77. The van der Waals surface area contributed by atoms with E-state index in [1.54, 1.807) is 4.90 Å². The Hall–Kier alpha value is -2.44. The van der Waals surface area contributed by atoms with Crippen LogP contribution in [0.2, 0.25) is 0 Å². The summed E-state index contributed by atoms with van der Waals surface area (Å²) in [7, 11) is 0. The number of morpholine rings is 1. The molecule has 1 aliphatic heterocycles. The SMILES string of the molecule is Cc1cccc(/C=C(/C(=O)OCC(=O)N2C[C@@H](C)O[C@@H](C)C2)c2cccs2)c1. The highest BCUT2D eigenvalue weighted by molar-refractivity contribution is 7.11. The predicted octanol–water partition coefficient (Wildman–Crippen LogP) is 3.78. The zero-order valence-corrected chi connectivity index (χ0v) is 17.2. The van der Waals surface area contributed by atoms with Crippen LogP contribution in [0.3, 0.4) is 0 Å². The van der Waals surface area contributed by atoms with E-state index in [0.29, 0.717) is 18.7 Å². The van der Waals surface area contributed by atoms with Crippen LogP contribution in [-0.4, -0.2) is 48.7 Å². The molecular weight excluding hydrogens is 374 g/mol. The molecule has 6 heteroatoms. The summed E-state index contributed by atoms with van der Waals surface area (Å²) >= 11 is 1.46. The molecule has 0 spiro atoms. The van der Waals surface area contributed by atoms with Crippen molar-refractivity contribution in [1.29, 1.82) is 0 Å². The first-order chi connectivity index (χ1) is 13.4. The van der Waals surface area contributed by atoms with Gasteiger partial charge in [0, 0.05) is 18.0 Å². The molecule has 148 valence electrons. The van der Waals surface area contributed by atoms with Gasteiger partial charge in [0.1, 0.15) is 0 Å². The third kappa shape index (κ3) is 5.30. The molecule has 0 N–H and O–H groups in total. The second kappa shape index (κ2) is 9.17. The summed E-state index contributed by atoms with van der Waals surface area (Å²) in [5.74, 6) is -0.692. The molecule has 3 rings (SSSR count). The van der Waals surface area contributed by atoms with Gasteiger partial charge in [0.2, 0.25) is 0 Å². The van der Waals surface area contributed by atoms with Crippen molar-refractivity contribution >= 4 is 34.9 Å². The Morgan fingerprint density at radius 2 is 1.96 bits per heavy atom. The zero-order valence-electron chi connectivity index (χ0n) is 16.4. The number of carbonyl (C=O) groups excluding carboxylic acids is 2. The maximum atomic E-state index is 12.8. The average molecular weight is 400 g/mol. The molecule has 1 aliphatic rings. The Bertz CT molecular complexity index is 849. The normalized spacial score (nSPS) is 20.1. The van der Waals surface area contributed by atoms with Gasteiger partial charge in [-0.3, -0.25) is 4.79 Å². The van der Waals surface area contributed by atoms with Gasteiger partial charge in [0.05, 0.1) is 17.8 Å².